The Balaban J connectivity index is 1.82. The van der Waals surface area contributed by atoms with Gasteiger partial charge < -0.3 is 9.73 Å². The Hall–Kier alpha value is -2.64. The van der Waals surface area contributed by atoms with E-state index in [1.54, 1.807) is 19.9 Å². The van der Waals surface area contributed by atoms with Gasteiger partial charge in [0.2, 0.25) is 10.0 Å². The first-order chi connectivity index (χ1) is 12.3. The topological polar surface area (TPSA) is 88.4 Å². The van der Waals surface area contributed by atoms with Crippen molar-refractivity contribution in [2.75, 3.05) is 5.32 Å². The molecule has 0 aliphatic heterocycles. The number of hydrogen-bond donors (Lipinski definition) is 2. The lowest BCUT2D eigenvalue weighted by molar-refractivity contribution is 0.102. The van der Waals surface area contributed by atoms with Crippen molar-refractivity contribution in [3.8, 4) is 0 Å². The van der Waals surface area contributed by atoms with Gasteiger partial charge in [0.15, 0.2) is 5.58 Å². The molecule has 0 aliphatic carbocycles. The Morgan fingerprint density at radius 2 is 1.77 bits per heavy atom. The minimum Gasteiger partial charge on any atom is -0.459 e. The van der Waals surface area contributed by atoms with Gasteiger partial charge in [-0.15, -0.1) is 0 Å². The highest BCUT2D eigenvalue weighted by Crippen LogP contribution is 2.27. The van der Waals surface area contributed by atoms with E-state index in [4.69, 9.17) is 4.42 Å². The van der Waals surface area contributed by atoms with Gasteiger partial charge in [0.1, 0.15) is 5.76 Å². The molecule has 26 heavy (non-hydrogen) atoms. The number of aryl methyl sites for hydroxylation is 1. The van der Waals surface area contributed by atoms with E-state index in [1.807, 2.05) is 25.1 Å². The van der Waals surface area contributed by atoms with Gasteiger partial charge in [-0.05, 0) is 57.2 Å². The highest BCUT2D eigenvalue weighted by Gasteiger charge is 2.16. The number of benzene rings is 2. The quantitative estimate of drug-likeness (QED) is 0.715. The average molecular weight is 372 g/mol. The summed E-state index contributed by atoms with van der Waals surface area (Å²) in [5.74, 6) is 0.418. The monoisotopic (exact) mass is 372 g/mol. The van der Waals surface area contributed by atoms with E-state index in [0.717, 1.165) is 11.1 Å². The van der Waals surface area contributed by atoms with Crippen LogP contribution in [-0.2, 0) is 10.0 Å². The average Bonchev–Trinajstić information content (AvgIpc) is 2.95. The normalized spacial score (nSPS) is 11.8. The smallest absolute Gasteiger partial charge is 0.255 e. The molecule has 7 heteroatoms. The molecule has 2 N–H and O–H groups in total. The molecule has 0 atom stereocenters. The van der Waals surface area contributed by atoms with Crippen molar-refractivity contribution >= 4 is 32.6 Å². The molecule has 0 fully saturated rings. The van der Waals surface area contributed by atoms with E-state index < -0.39 is 10.0 Å². The zero-order valence-electron chi connectivity index (χ0n) is 14.7. The van der Waals surface area contributed by atoms with Gasteiger partial charge in [-0.25, -0.2) is 13.1 Å². The van der Waals surface area contributed by atoms with Crippen LogP contribution in [0, 0.1) is 6.92 Å². The van der Waals surface area contributed by atoms with Crippen LogP contribution in [0.5, 0.6) is 0 Å². The van der Waals surface area contributed by atoms with E-state index in [9.17, 15) is 13.2 Å². The largest absolute Gasteiger partial charge is 0.459 e. The number of rotatable bonds is 5. The Kier molecular flexibility index (Phi) is 4.84. The van der Waals surface area contributed by atoms with Crippen LogP contribution in [0.1, 0.15) is 30.0 Å². The van der Waals surface area contributed by atoms with E-state index in [0.29, 0.717) is 16.8 Å². The molecule has 6 nitrogen and oxygen atoms in total. The number of nitrogens with one attached hydrogen (secondary N) is 2. The predicted molar refractivity (Wildman–Crippen MR) is 101 cm³/mol. The number of sulfonamides is 1. The molecule has 0 aliphatic rings. The summed E-state index contributed by atoms with van der Waals surface area (Å²) in [6.45, 7) is 5.34. The lowest BCUT2D eigenvalue weighted by Crippen LogP contribution is -2.30. The maximum Gasteiger partial charge on any atom is 0.255 e. The molecular formula is C19H20N2O4S. The van der Waals surface area contributed by atoms with E-state index in [2.05, 4.69) is 10.0 Å². The number of amides is 1. The number of carbonyl (C=O) groups is 1. The van der Waals surface area contributed by atoms with Gasteiger partial charge in [0.05, 0.1) is 10.6 Å². The number of para-hydroxylation sites is 1. The third kappa shape index (κ3) is 3.79. The third-order valence-corrected chi connectivity index (χ3v) is 5.41. The van der Waals surface area contributed by atoms with Crippen LogP contribution < -0.4 is 10.0 Å². The van der Waals surface area contributed by atoms with Crippen molar-refractivity contribution < 1.29 is 17.6 Å². The molecule has 2 aromatic carbocycles. The fraction of sp³-hybridized carbons (Fsp3) is 0.211. The SMILES string of the molecule is Cc1cc2cccc(NC(=O)c3ccc(S(=O)(=O)NC(C)C)cc3)c2o1. The van der Waals surface area contributed by atoms with Crippen molar-refractivity contribution in [3.05, 3.63) is 59.9 Å². The number of anilines is 1. The first-order valence-corrected chi connectivity index (χ1v) is 9.67. The molecule has 0 unspecified atom stereocenters. The third-order valence-electron chi connectivity index (χ3n) is 3.73. The zero-order chi connectivity index (χ0) is 18.9. The van der Waals surface area contributed by atoms with Crippen molar-refractivity contribution in [1.29, 1.82) is 0 Å². The van der Waals surface area contributed by atoms with E-state index in [-0.39, 0.29) is 16.8 Å². The standard InChI is InChI=1S/C19H20N2O4S/c1-12(2)21-26(23,24)16-9-7-14(8-10-16)19(22)20-17-6-4-5-15-11-13(3)25-18(15)17/h4-12,21H,1-3H3,(H,20,22). The molecule has 0 saturated carbocycles. The molecule has 0 saturated heterocycles. The van der Waals surface area contributed by atoms with Gasteiger partial charge in [-0.2, -0.15) is 0 Å². The maximum atomic E-state index is 12.5. The molecule has 1 aromatic heterocycles. The fourth-order valence-electron chi connectivity index (χ4n) is 2.65. The van der Waals surface area contributed by atoms with Gasteiger partial charge in [-0.3, -0.25) is 4.79 Å². The lowest BCUT2D eigenvalue weighted by Gasteiger charge is -2.10. The van der Waals surface area contributed by atoms with Gasteiger partial charge >= 0.3 is 0 Å². The molecule has 3 rings (SSSR count). The van der Waals surface area contributed by atoms with Crippen LogP contribution in [0.3, 0.4) is 0 Å². The second-order valence-corrected chi connectivity index (χ2v) is 8.05. The Morgan fingerprint density at radius 1 is 1.08 bits per heavy atom. The van der Waals surface area contributed by atoms with Gasteiger partial charge in [-0.1, -0.05) is 12.1 Å². The summed E-state index contributed by atoms with van der Waals surface area (Å²) in [4.78, 5) is 12.6. The highest BCUT2D eigenvalue weighted by molar-refractivity contribution is 7.89. The minimum atomic E-state index is -3.58. The Labute approximate surface area is 152 Å². The first-order valence-electron chi connectivity index (χ1n) is 8.19. The second-order valence-electron chi connectivity index (χ2n) is 6.34. The minimum absolute atomic E-state index is 0.117. The predicted octanol–water partition coefficient (Wildman–Crippen LogP) is 3.68. The molecule has 136 valence electrons. The first kappa shape index (κ1) is 18.2. The maximum absolute atomic E-state index is 12.5. The Bertz CT molecular complexity index is 1050. The van der Waals surface area contributed by atoms with Crippen LogP contribution in [-0.4, -0.2) is 20.4 Å². The van der Waals surface area contributed by atoms with Crippen molar-refractivity contribution in [2.45, 2.75) is 31.7 Å². The molecule has 0 spiro atoms. The molecule has 0 radical (unpaired) electrons. The van der Waals surface area contributed by atoms with Crippen molar-refractivity contribution in [3.63, 3.8) is 0 Å². The Morgan fingerprint density at radius 3 is 2.42 bits per heavy atom. The lowest BCUT2D eigenvalue weighted by atomic mass is 10.2. The van der Waals surface area contributed by atoms with Crippen LogP contribution in [0.2, 0.25) is 0 Å². The van der Waals surface area contributed by atoms with Crippen LogP contribution in [0.15, 0.2) is 57.8 Å². The summed E-state index contributed by atoms with van der Waals surface area (Å²) in [5, 5.41) is 3.71. The molecule has 3 aromatic rings. The fourth-order valence-corrected chi connectivity index (χ4v) is 3.90. The molecule has 1 heterocycles. The summed E-state index contributed by atoms with van der Waals surface area (Å²) < 4.78 is 32.4. The summed E-state index contributed by atoms with van der Waals surface area (Å²) in [5.41, 5.74) is 1.53. The summed E-state index contributed by atoms with van der Waals surface area (Å²) in [6.07, 6.45) is 0. The summed E-state index contributed by atoms with van der Waals surface area (Å²) in [7, 11) is -3.58. The number of hydrogen-bond acceptors (Lipinski definition) is 4. The number of fused-ring (bicyclic) bond motifs is 1. The highest BCUT2D eigenvalue weighted by atomic mass is 32.2. The van der Waals surface area contributed by atoms with Crippen LogP contribution >= 0.6 is 0 Å². The number of furan rings is 1. The van der Waals surface area contributed by atoms with E-state index >= 15 is 0 Å². The second kappa shape index (κ2) is 6.93. The summed E-state index contributed by atoms with van der Waals surface area (Å²) >= 11 is 0. The van der Waals surface area contributed by atoms with Crippen LogP contribution in [0.4, 0.5) is 5.69 Å². The summed E-state index contributed by atoms with van der Waals surface area (Å²) in [6, 6.07) is 13.0. The number of carbonyl (C=O) groups excluding carboxylic acids is 1. The van der Waals surface area contributed by atoms with Gasteiger partial charge in [0, 0.05) is 17.0 Å². The molecule has 0 bridgehead atoms. The molecule has 1 amide bonds. The van der Waals surface area contributed by atoms with Crippen molar-refractivity contribution in [2.24, 2.45) is 0 Å². The molecular weight excluding hydrogens is 352 g/mol. The van der Waals surface area contributed by atoms with Crippen LogP contribution in [0.25, 0.3) is 11.0 Å². The van der Waals surface area contributed by atoms with Gasteiger partial charge in [0.25, 0.3) is 5.91 Å². The van der Waals surface area contributed by atoms with Crippen molar-refractivity contribution in [1.82, 2.24) is 4.72 Å². The van der Waals surface area contributed by atoms with E-state index in [1.165, 1.54) is 24.3 Å². The zero-order valence-corrected chi connectivity index (χ0v) is 15.6.